The van der Waals surface area contributed by atoms with Gasteiger partial charge in [-0.3, -0.25) is 0 Å². The maximum atomic E-state index is 9.33. The number of thiophene rings is 1. The summed E-state index contributed by atoms with van der Waals surface area (Å²) in [6, 6.07) is 4.16. The maximum Gasteiger partial charge on any atom is 0.0701 e. The van der Waals surface area contributed by atoms with Crippen LogP contribution < -0.4 is 5.32 Å². The third kappa shape index (κ3) is 4.23. The normalized spacial score (nSPS) is 15.2. The highest BCUT2D eigenvalue weighted by Crippen LogP contribution is 2.22. The number of nitrogens with one attached hydrogen (secondary N) is 1. The van der Waals surface area contributed by atoms with Crippen molar-refractivity contribution in [1.29, 1.82) is 0 Å². The van der Waals surface area contributed by atoms with Crippen LogP contribution >= 0.6 is 27.3 Å². The van der Waals surface area contributed by atoms with Crippen LogP contribution in [0.25, 0.3) is 0 Å². The summed E-state index contributed by atoms with van der Waals surface area (Å²) >= 11 is 5.17. The number of aliphatic hydroxyl groups is 1. The fraction of sp³-hybridized carbons (Fsp3) is 0.636. The average molecular weight is 292 g/mol. The highest BCUT2D eigenvalue weighted by Gasteiger charge is 2.21. The number of halogens is 1. The standard InChI is InChI=1S/C11H18BrNOS/c1-3-6-11(2,8-14)13-7-9-4-5-10(12)15-9/h4-5,13-14H,3,6-8H2,1-2H3. The minimum absolute atomic E-state index is 0.148. The number of hydrogen-bond donors (Lipinski definition) is 2. The third-order valence-electron chi connectivity index (χ3n) is 2.47. The predicted molar refractivity (Wildman–Crippen MR) is 69.3 cm³/mol. The summed E-state index contributed by atoms with van der Waals surface area (Å²) in [5.41, 5.74) is -0.148. The van der Waals surface area contributed by atoms with Gasteiger partial charge in [0, 0.05) is 17.0 Å². The van der Waals surface area contributed by atoms with Crippen molar-refractivity contribution in [2.75, 3.05) is 6.61 Å². The molecular formula is C11H18BrNOS. The molecule has 0 radical (unpaired) electrons. The molecule has 0 aliphatic heterocycles. The lowest BCUT2D eigenvalue weighted by Crippen LogP contribution is -2.44. The summed E-state index contributed by atoms with van der Waals surface area (Å²) in [7, 11) is 0. The molecule has 1 aromatic rings. The Hall–Kier alpha value is 0.1000. The van der Waals surface area contributed by atoms with Crippen molar-refractivity contribution in [1.82, 2.24) is 5.32 Å². The van der Waals surface area contributed by atoms with Gasteiger partial charge in [-0.05, 0) is 41.4 Å². The number of hydrogen-bond acceptors (Lipinski definition) is 3. The van der Waals surface area contributed by atoms with E-state index in [1.54, 1.807) is 11.3 Å². The highest BCUT2D eigenvalue weighted by atomic mass is 79.9. The molecule has 0 spiro atoms. The summed E-state index contributed by atoms with van der Waals surface area (Å²) < 4.78 is 1.15. The van der Waals surface area contributed by atoms with Crippen molar-refractivity contribution in [2.24, 2.45) is 0 Å². The van der Waals surface area contributed by atoms with Crippen LogP contribution in [-0.4, -0.2) is 17.3 Å². The monoisotopic (exact) mass is 291 g/mol. The van der Waals surface area contributed by atoms with Gasteiger partial charge >= 0.3 is 0 Å². The van der Waals surface area contributed by atoms with Crippen LogP contribution in [0.2, 0.25) is 0 Å². The Morgan fingerprint density at radius 1 is 1.53 bits per heavy atom. The van der Waals surface area contributed by atoms with E-state index in [0.717, 1.165) is 23.2 Å². The first-order chi connectivity index (χ1) is 7.09. The summed E-state index contributed by atoms with van der Waals surface area (Å²) in [6.07, 6.45) is 2.08. The van der Waals surface area contributed by atoms with Gasteiger partial charge in [-0.1, -0.05) is 13.3 Å². The molecule has 0 bridgehead atoms. The van der Waals surface area contributed by atoms with Gasteiger partial charge in [0.15, 0.2) is 0 Å². The summed E-state index contributed by atoms with van der Waals surface area (Å²) in [5.74, 6) is 0. The molecular weight excluding hydrogens is 274 g/mol. The lowest BCUT2D eigenvalue weighted by atomic mass is 9.97. The van der Waals surface area contributed by atoms with Crippen LogP contribution in [-0.2, 0) is 6.54 Å². The van der Waals surface area contributed by atoms with Crippen molar-refractivity contribution >= 4 is 27.3 Å². The van der Waals surface area contributed by atoms with E-state index in [0.29, 0.717) is 0 Å². The minimum Gasteiger partial charge on any atom is -0.394 e. The fourth-order valence-electron chi connectivity index (χ4n) is 1.52. The molecule has 0 aliphatic rings. The van der Waals surface area contributed by atoms with E-state index in [-0.39, 0.29) is 12.1 Å². The molecule has 86 valence electrons. The molecule has 15 heavy (non-hydrogen) atoms. The van der Waals surface area contributed by atoms with Crippen molar-refractivity contribution in [3.05, 3.63) is 20.8 Å². The average Bonchev–Trinajstić information content (AvgIpc) is 2.62. The summed E-state index contributed by atoms with van der Waals surface area (Å²) in [5, 5.41) is 12.7. The second-order valence-electron chi connectivity index (χ2n) is 4.03. The van der Waals surface area contributed by atoms with E-state index < -0.39 is 0 Å². The topological polar surface area (TPSA) is 32.3 Å². The van der Waals surface area contributed by atoms with Gasteiger partial charge in [-0.2, -0.15) is 0 Å². The van der Waals surface area contributed by atoms with Gasteiger partial charge in [0.2, 0.25) is 0 Å². The minimum atomic E-state index is -0.148. The first-order valence-corrected chi connectivity index (χ1v) is 6.80. The van der Waals surface area contributed by atoms with Gasteiger partial charge in [0.1, 0.15) is 0 Å². The zero-order valence-electron chi connectivity index (χ0n) is 9.22. The predicted octanol–water partition coefficient (Wildman–Crippen LogP) is 3.15. The van der Waals surface area contributed by atoms with E-state index >= 15 is 0 Å². The van der Waals surface area contributed by atoms with Gasteiger partial charge in [-0.15, -0.1) is 11.3 Å². The van der Waals surface area contributed by atoms with Gasteiger partial charge in [0.05, 0.1) is 10.4 Å². The molecule has 0 saturated carbocycles. The third-order valence-corrected chi connectivity index (χ3v) is 4.09. The maximum absolute atomic E-state index is 9.33. The van der Waals surface area contributed by atoms with Crippen LogP contribution in [0.4, 0.5) is 0 Å². The van der Waals surface area contributed by atoms with E-state index in [2.05, 4.69) is 47.2 Å². The largest absolute Gasteiger partial charge is 0.394 e. The lowest BCUT2D eigenvalue weighted by Gasteiger charge is -2.28. The van der Waals surface area contributed by atoms with Crippen molar-refractivity contribution in [3.8, 4) is 0 Å². The Balaban J connectivity index is 2.47. The Bertz CT molecular complexity index is 303. The van der Waals surface area contributed by atoms with Crippen LogP contribution in [0.3, 0.4) is 0 Å². The van der Waals surface area contributed by atoms with E-state index in [4.69, 9.17) is 0 Å². The first kappa shape index (κ1) is 13.2. The molecule has 0 aromatic carbocycles. The lowest BCUT2D eigenvalue weighted by molar-refractivity contribution is 0.163. The molecule has 1 atom stereocenters. The molecule has 1 unspecified atom stereocenters. The molecule has 1 heterocycles. The molecule has 2 nitrogen and oxygen atoms in total. The van der Waals surface area contributed by atoms with Gasteiger partial charge < -0.3 is 10.4 Å². The molecule has 2 N–H and O–H groups in total. The van der Waals surface area contributed by atoms with E-state index in [1.165, 1.54) is 4.88 Å². The molecule has 0 aliphatic carbocycles. The molecule has 0 fully saturated rings. The zero-order chi connectivity index (χ0) is 11.3. The quantitative estimate of drug-likeness (QED) is 0.844. The van der Waals surface area contributed by atoms with Crippen molar-refractivity contribution in [3.63, 3.8) is 0 Å². The summed E-state index contributed by atoms with van der Waals surface area (Å²) in [4.78, 5) is 1.29. The Morgan fingerprint density at radius 2 is 2.27 bits per heavy atom. The number of rotatable bonds is 6. The van der Waals surface area contributed by atoms with Gasteiger partial charge in [0.25, 0.3) is 0 Å². The zero-order valence-corrected chi connectivity index (χ0v) is 11.6. The smallest absolute Gasteiger partial charge is 0.0701 e. The van der Waals surface area contributed by atoms with Crippen molar-refractivity contribution in [2.45, 2.75) is 38.8 Å². The molecule has 4 heteroatoms. The molecule has 1 aromatic heterocycles. The Kier molecular flexibility index (Phi) is 5.26. The van der Waals surface area contributed by atoms with Crippen molar-refractivity contribution < 1.29 is 5.11 Å². The second kappa shape index (κ2) is 5.99. The number of aliphatic hydroxyl groups excluding tert-OH is 1. The Morgan fingerprint density at radius 3 is 2.73 bits per heavy atom. The van der Waals surface area contributed by atoms with E-state index in [9.17, 15) is 5.11 Å². The van der Waals surface area contributed by atoms with Crippen LogP contribution in [0, 0.1) is 0 Å². The summed E-state index contributed by atoms with van der Waals surface area (Å²) in [6.45, 7) is 5.22. The highest BCUT2D eigenvalue weighted by molar-refractivity contribution is 9.11. The van der Waals surface area contributed by atoms with E-state index in [1.807, 2.05) is 0 Å². The first-order valence-electron chi connectivity index (χ1n) is 5.20. The molecule has 1 rings (SSSR count). The van der Waals surface area contributed by atoms with Crippen LogP contribution in [0.5, 0.6) is 0 Å². The van der Waals surface area contributed by atoms with Crippen LogP contribution in [0.1, 0.15) is 31.6 Å². The molecule has 0 amide bonds. The fourth-order valence-corrected chi connectivity index (χ4v) is 2.95. The molecule has 0 saturated heterocycles. The van der Waals surface area contributed by atoms with Crippen LogP contribution in [0.15, 0.2) is 15.9 Å². The second-order valence-corrected chi connectivity index (χ2v) is 6.58. The SMILES string of the molecule is CCCC(C)(CO)NCc1ccc(Br)s1. The van der Waals surface area contributed by atoms with Gasteiger partial charge in [-0.25, -0.2) is 0 Å². The Labute approximate surface area is 104 Å².